The van der Waals surface area contributed by atoms with Crippen molar-refractivity contribution in [2.45, 2.75) is 102 Å². The maximum atomic E-state index is 13.3. The van der Waals surface area contributed by atoms with Crippen LogP contribution in [0.4, 0.5) is 0 Å². The Morgan fingerprint density at radius 3 is 2.56 bits per heavy atom. The van der Waals surface area contributed by atoms with E-state index in [-0.39, 0.29) is 12.5 Å². The minimum Gasteiger partial charge on any atom is -0.481 e. The predicted molar refractivity (Wildman–Crippen MR) is 157 cm³/mol. The molecule has 9 atom stereocenters. The van der Waals surface area contributed by atoms with Gasteiger partial charge in [0.05, 0.1) is 0 Å². The Hall–Kier alpha value is -1.44. The lowest BCUT2D eigenvalue weighted by atomic mass is 9.44. The third-order valence-corrected chi connectivity index (χ3v) is 15.3. The Balaban J connectivity index is 1.13. The molecule has 4 aliphatic carbocycles. The highest BCUT2D eigenvalue weighted by Crippen LogP contribution is 2.68. The normalized spacial score (nSPS) is 39.1. The maximum absolute atomic E-state index is 13.3. The minimum atomic E-state index is -3.52. The molecule has 0 spiro atoms. The van der Waals surface area contributed by atoms with Gasteiger partial charge in [0.25, 0.3) is 0 Å². The summed E-state index contributed by atoms with van der Waals surface area (Å²) in [5, 5.41) is 10.2. The molecule has 5 nitrogen and oxygen atoms in total. The summed E-state index contributed by atoms with van der Waals surface area (Å²) in [5.41, 5.74) is 0.649. The Morgan fingerprint density at radius 1 is 1.05 bits per heavy atom. The number of sulfonamides is 1. The van der Waals surface area contributed by atoms with Crippen LogP contribution >= 0.6 is 11.3 Å². The van der Waals surface area contributed by atoms with Crippen molar-refractivity contribution >= 4 is 37.4 Å². The summed E-state index contributed by atoms with van der Waals surface area (Å²) >= 11 is 1.36. The second kappa shape index (κ2) is 10.1. The molecule has 4 aliphatic rings. The molecule has 6 rings (SSSR count). The molecule has 1 aromatic heterocycles. The Labute approximate surface area is 238 Å². The van der Waals surface area contributed by atoms with Crippen LogP contribution in [0.25, 0.3) is 10.1 Å². The van der Waals surface area contributed by atoms with Gasteiger partial charge in [-0.2, -0.15) is 0 Å². The van der Waals surface area contributed by atoms with Crippen LogP contribution in [0, 0.1) is 46.3 Å². The van der Waals surface area contributed by atoms with Gasteiger partial charge in [0.15, 0.2) is 0 Å². The highest BCUT2D eigenvalue weighted by atomic mass is 32.2. The van der Waals surface area contributed by atoms with Gasteiger partial charge in [0.2, 0.25) is 10.0 Å². The van der Waals surface area contributed by atoms with Crippen molar-refractivity contribution in [3.63, 3.8) is 0 Å². The van der Waals surface area contributed by atoms with E-state index in [4.69, 9.17) is 0 Å². The Kier molecular flexibility index (Phi) is 7.20. The van der Waals surface area contributed by atoms with Crippen LogP contribution in [0.3, 0.4) is 0 Å². The molecule has 6 unspecified atom stereocenters. The third kappa shape index (κ3) is 4.78. The van der Waals surface area contributed by atoms with E-state index >= 15 is 0 Å². The predicted octanol–water partition coefficient (Wildman–Crippen LogP) is 7.71. The molecule has 0 amide bonds. The molecular formula is C32H45NO4S2. The molecule has 0 radical (unpaired) electrons. The molecule has 1 heterocycles. The van der Waals surface area contributed by atoms with Crippen LogP contribution in [-0.4, -0.2) is 25.5 Å². The fourth-order valence-electron chi connectivity index (χ4n) is 10.3. The van der Waals surface area contributed by atoms with Gasteiger partial charge in [-0.25, -0.2) is 13.1 Å². The SMILES string of the molecule is C[C@H](CCC(=O)O)C1CCC2C3CC[C@@H]4CC(NS(=O)(=O)c5cc6ccccc6s5)CCC4(C)C3CC[C@@]21C. The van der Waals surface area contributed by atoms with Gasteiger partial charge in [-0.3, -0.25) is 4.79 Å². The van der Waals surface area contributed by atoms with E-state index in [1.54, 1.807) is 0 Å². The molecule has 7 heteroatoms. The zero-order chi connectivity index (χ0) is 27.6. The smallest absolute Gasteiger partial charge is 0.303 e. The first kappa shape index (κ1) is 27.7. The van der Waals surface area contributed by atoms with Crippen molar-refractivity contribution in [3.8, 4) is 0 Å². The number of benzene rings is 1. The molecule has 0 aliphatic heterocycles. The van der Waals surface area contributed by atoms with Crippen molar-refractivity contribution in [1.82, 2.24) is 4.72 Å². The molecule has 214 valence electrons. The van der Waals surface area contributed by atoms with Crippen molar-refractivity contribution in [2.75, 3.05) is 0 Å². The van der Waals surface area contributed by atoms with E-state index < -0.39 is 16.0 Å². The summed E-state index contributed by atoms with van der Waals surface area (Å²) in [6.07, 6.45) is 11.7. The fourth-order valence-corrected chi connectivity index (χ4v) is 13.0. The first-order valence-corrected chi connectivity index (χ1v) is 17.5. The molecule has 2 aromatic rings. The molecule has 2 N–H and O–H groups in total. The number of hydrogen-bond acceptors (Lipinski definition) is 4. The average Bonchev–Trinajstić information content (AvgIpc) is 3.49. The van der Waals surface area contributed by atoms with Crippen LogP contribution in [-0.2, 0) is 14.8 Å². The first-order chi connectivity index (χ1) is 18.5. The van der Waals surface area contributed by atoms with Crippen LogP contribution in [0.15, 0.2) is 34.5 Å². The van der Waals surface area contributed by atoms with Gasteiger partial charge >= 0.3 is 5.97 Å². The van der Waals surface area contributed by atoms with Gasteiger partial charge in [-0.15, -0.1) is 11.3 Å². The van der Waals surface area contributed by atoms with Gasteiger partial charge in [0, 0.05) is 17.2 Å². The number of carboxylic acid groups (broad SMARTS) is 1. The van der Waals surface area contributed by atoms with Gasteiger partial charge in [-0.05, 0) is 128 Å². The quantitative estimate of drug-likeness (QED) is 0.357. The van der Waals surface area contributed by atoms with Crippen LogP contribution < -0.4 is 4.72 Å². The van der Waals surface area contributed by atoms with E-state index in [0.29, 0.717) is 32.8 Å². The average molecular weight is 572 g/mol. The van der Waals surface area contributed by atoms with Crippen molar-refractivity contribution in [3.05, 3.63) is 30.3 Å². The number of aliphatic carboxylic acids is 1. The Bertz CT molecular complexity index is 1300. The van der Waals surface area contributed by atoms with Crippen LogP contribution in [0.2, 0.25) is 0 Å². The van der Waals surface area contributed by atoms with E-state index in [9.17, 15) is 18.3 Å². The lowest BCUT2D eigenvalue weighted by molar-refractivity contribution is -0.137. The maximum Gasteiger partial charge on any atom is 0.303 e. The standard InChI is InChI=1S/C32H45NO4S2/c1-20(8-13-29(34)35)25-11-12-26-24-10-9-22-19-23(14-16-31(22,2)27(24)15-17-32(25,26)3)33-39(36,37)30-18-21-6-4-5-7-28(21)38-30/h4-7,18,20,22-27,33H,8-17,19H2,1-3H3,(H,34,35)/t20-,22-,23?,24?,25?,26?,27?,31?,32-/m1/s1. The van der Waals surface area contributed by atoms with Crippen LogP contribution in [0.5, 0.6) is 0 Å². The Morgan fingerprint density at radius 2 is 1.79 bits per heavy atom. The summed E-state index contributed by atoms with van der Waals surface area (Å²) in [5.74, 6) is 3.31. The topological polar surface area (TPSA) is 83.5 Å². The van der Waals surface area contributed by atoms with Gasteiger partial charge < -0.3 is 5.11 Å². The minimum absolute atomic E-state index is 0.0228. The van der Waals surface area contributed by atoms with Crippen molar-refractivity contribution < 1.29 is 18.3 Å². The lowest BCUT2D eigenvalue weighted by Crippen LogP contribution is -2.55. The number of nitrogens with one attached hydrogen (secondary N) is 1. The zero-order valence-corrected chi connectivity index (χ0v) is 25.3. The second-order valence-electron chi connectivity index (χ2n) is 14.0. The number of rotatable bonds is 7. The van der Waals surface area contributed by atoms with E-state index in [2.05, 4.69) is 25.5 Å². The van der Waals surface area contributed by atoms with E-state index in [1.165, 1.54) is 49.9 Å². The number of carbonyl (C=O) groups is 1. The van der Waals surface area contributed by atoms with Crippen LogP contribution in [0.1, 0.15) is 91.4 Å². The van der Waals surface area contributed by atoms with Gasteiger partial charge in [0.1, 0.15) is 4.21 Å². The number of hydrogen-bond donors (Lipinski definition) is 2. The molecule has 4 fully saturated rings. The molecule has 0 saturated heterocycles. The summed E-state index contributed by atoms with van der Waals surface area (Å²) in [4.78, 5) is 11.2. The summed E-state index contributed by atoms with van der Waals surface area (Å²) < 4.78 is 31.2. The molecule has 39 heavy (non-hydrogen) atoms. The zero-order valence-electron chi connectivity index (χ0n) is 23.7. The fraction of sp³-hybridized carbons (Fsp3) is 0.719. The highest BCUT2D eigenvalue weighted by molar-refractivity contribution is 7.91. The van der Waals surface area contributed by atoms with Gasteiger partial charge in [-0.1, -0.05) is 39.0 Å². The number of thiophene rings is 1. The largest absolute Gasteiger partial charge is 0.481 e. The summed E-state index contributed by atoms with van der Waals surface area (Å²) in [6.45, 7) is 7.37. The van der Waals surface area contributed by atoms with E-state index in [0.717, 1.165) is 53.5 Å². The summed E-state index contributed by atoms with van der Waals surface area (Å²) in [6, 6.07) is 9.72. The lowest BCUT2D eigenvalue weighted by Gasteiger charge is -2.61. The monoisotopic (exact) mass is 571 g/mol. The van der Waals surface area contributed by atoms with Crippen molar-refractivity contribution in [1.29, 1.82) is 0 Å². The molecule has 0 bridgehead atoms. The number of fused-ring (bicyclic) bond motifs is 6. The van der Waals surface area contributed by atoms with E-state index in [1.807, 2.05) is 30.3 Å². The first-order valence-electron chi connectivity index (χ1n) is 15.2. The second-order valence-corrected chi connectivity index (χ2v) is 17.0. The number of carboxylic acids is 1. The third-order valence-electron chi connectivity index (χ3n) is 12.2. The van der Waals surface area contributed by atoms with Crippen molar-refractivity contribution in [2.24, 2.45) is 46.3 Å². The highest BCUT2D eigenvalue weighted by Gasteiger charge is 2.60. The molecular weight excluding hydrogens is 526 g/mol. The molecule has 4 saturated carbocycles. The molecule has 1 aromatic carbocycles. The summed E-state index contributed by atoms with van der Waals surface area (Å²) in [7, 11) is -3.52.